The van der Waals surface area contributed by atoms with Crippen LogP contribution in [0.2, 0.25) is 0 Å². The van der Waals surface area contributed by atoms with Crippen molar-refractivity contribution < 1.29 is 0 Å². The van der Waals surface area contributed by atoms with Gasteiger partial charge in [0.1, 0.15) is 0 Å². The molecule has 1 atom stereocenters. The van der Waals surface area contributed by atoms with Crippen LogP contribution in [0.5, 0.6) is 0 Å². The van der Waals surface area contributed by atoms with Crippen LogP contribution in [0.15, 0.2) is 0 Å². The maximum absolute atomic E-state index is 6.49. The summed E-state index contributed by atoms with van der Waals surface area (Å²) in [7, 11) is 0. The molecule has 0 unspecified atom stereocenters. The Hall–Kier alpha value is -0.820. The van der Waals surface area contributed by atoms with Crippen molar-refractivity contribution in [2.24, 2.45) is 11.7 Å². The average Bonchev–Trinajstić information content (AvgIpc) is 2.21. The molecule has 0 spiro atoms. The first-order valence-electron chi connectivity index (χ1n) is 6.77. The zero-order valence-corrected chi connectivity index (χ0v) is 11.9. The molecule has 1 fully saturated rings. The first-order valence-corrected chi connectivity index (χ1v) is 6.77. The number of nitrogens with two attached hydrogens (primary N) is 1. The molecule has 0 bridgehead atoms. The lowest BCUT2D eigenvalue weighted by Gasteiger charge is -2.34. The fraction of sp³-hybridized carbons (Fsp3) is 0.625. The van der Waals surface area contributed by atoms with E-state index in [1.54, 1.807) is 0 Å². The van der Waals surface area contributed by atoms with Crippen LogP contribution in [0.4, 0.5) is 0 Å². The van der Waals surface area contributed by atoms with Crippen molar-refractivity contribution in [2.45, 2.75) is 59.9 Å². The molecule has 0 amide bonds. The Kier molecular flexibility index (Phi) is 3.31. The molecule has 1 saturated carbocycles. The molecule has 2 rings (SSSR count). The van der Waals surface area contributed by atoms with Crippen molar-refractivity contribution in [1.29, 1.82) is 0 Å². The minimum absolute atomic E-state index is 0.252. The van der Waals surface area contributed by atoms with Gasteiger partial charge in [0, 0.05) is 6.04 Å². The van der Waals surface area contributed by atoms with E-state index < -0.39 is 0 Å². The van der Waals surface area contributed by atoms with E-state index >= 15 is 0 Å². The maximum Gasteiger partial charge on any atom is 0.0328 e. The highest BCUT2D eigenvalue weighted by atomic mass is 14.7. The summed E-state index contributed by atoms with van der Waals surface area (Å²) in [6.45, 7) is 11.2. The summed E-state index contributed by atoms with van der Waals surface area (Å²) in [6.07, 6.45) is 3.98. The summed E-state index contributed by atoms with van der Waals surface area (Å²) < 4.78 is 0. The largest absolute Gasteiger partial charge is 0.324 e. The van der Waals surface area contributed by atoms with Crippen LogP contribution in [0.1, 0.15) is 58.7 Å². The van der Waals surface area contributed by atoms with Gasteiger partial charge in [0.05, 0.1) is 0 Å². The molecule has 0 saturated heterocycles. The molecule has 1 aromatic carbocycles. The van der Waals surface area contributed by atoms with Crippen LogP contribution >= 0.6 is 0 Å². The monoisotopic (exact) mass is 231 g/mol. The molecule has 0 aliphatic heterocycles. The summed E-state index contributed by atoms with van der Waals surface area (Å²) in [5, 5.41) is 0. The van der Waals surface area contributed by atoms with Gasteiger partial charge in [0.15, 0.2) is 0 Å². The van der Waals surface area contributed by atoms with Crippen molar-refractivity contribution in [3.05, 3.63) is 33.4 Å². The highest BCUT2D eigenvalue weighted by molar-refractivity contribution is 5.50. The zero-order valence-electron chi connectivity index (χ0n) is 11.9. The van der Waals surface area contributed by atoms with Gasteiger partial charge in [-0.2, -0.15) is 0 Å². The molecule has 2 N–H and O–H groups in total. The van der Waals surface area contributed by atoms with Crippen LogP contribution in [0.25, 0.3) is 0 Å². The lowest BCUT2D eigenvalue weighted by Crippen LogP contribution is -2.28. The molecule has 0 heterocycles. The number of hydrogen-bond acceptors (Lipinski definition) is 1. The van der Waals surface area contributed by atoms with Crippen LogP contribution in [-0.4, -0.2) is 0 Å². The van der Waals surface area contributed by atoms with E-state index in [2.05, 4.69) is 34.6 Å². The molecular weight excluding hydrogens is 206 g/mol. The highest BCUT2D eigenvalue weighted by Crippen LogP contribution is 2.40. The van der Waals surface area contributed by atoms with Crippen molar-refractivity contribution in [1.82, 2.24) is 0 Å². The number of benzene rings is 1. The van der Waals surface area contributed by atoms with Gasteiger partial charge in [-0.05, 0) is 86.8 Å². The third-order valence-electron chi connectivity index (χ3n) is 5.05. The predicted molar refractivity (Wildman–Crippen MR) is 74.4 cm³/mol. The van der Waals surface area contributed by atoms with Crippen LogP contribution in [-0.2, 0) is 0 Å². The average molecular weight is 231 g/mol. The molecular formula is C16H25N. The summed E-state index contributed by atoms with van der Waals surface area (Å²) in [4.78, 5) is 0. The lowest BCUT2D eigenvalue weighted by molar-refractivity contribution is 0.263. The fourth-order valence-electron chi connectivity index (χ4n) is 3.06. The maximum atomic E-state index is 6.49. The third-order valence-corrected chi connectivity index (χ3v) is 5.05. The van der Waals surface area contributed by atoms with Crippen molar-refractivity contribution in [3.63, 3.8) is 0 Å². The van der Waals surface area contributed by atoms with Crippen molar-refractivity contribution >= 4 is 0 Å². The minimum Gasteiger partial charge on any atom is -0.324 e. The van der Waals surface area contributed by atoms with E-state index in [9.17, 15) is 0 Å². The second-order valence-electron chi connectivity index (χ2n) is 5.76. The van der Waals surface area contributed by atoms with Crippen molar-refractivity contribution in [2.75, 3.05) is 0 Å². The SMILES string of the molecule is Cc1c(C)c(C)c([C@@H](N)C2CCC2)c(C)c1C. The zero-order chi connectivity index (χ0) is 12.7. The van der Waals surface area contributed by atoms with E-state index in [0.717, 1.165) is 0 Å². The molecule has 1 aromatic rings. The molecule has 1 aliphatic carbocycles. The van der Waals surface area contributed by atoms with Crippen LogP contribution in [0.3, 0.4) is 0 Å². The number of rotatable bonds is 2. The Morgan fingerprint density at radius 2 is 1.24 bits per heavy atom. The molecule has 94 valence electrons. The molecule has 0 aromatic heterocycles. The quantitative estimate of drug-likeness (QED) is 0.817. The van der Waals surface area contributed by atoms with Gasteiger partial charge in [-0.15, -0.1) is 0 Å². The fourth-order valence-corrected chi connectivity index (χ4v) is 3.06. The molecule has 17 heavy (non-hydrogen) atoms. The van der Waals surface area contributed by atoms with Gasteiger partial charge in [-0.3, -0.25) is 0 Å². The normalized spacial score (nSPS) is 18.0. The Balaban J connectivity index is 2.52. The Morgan fingerprint density at radius 1 is 0.824 bits per heavy atom. The predicted octanol–water partition coefficient (Wildman–Crippen LogP) is 4.03. The van der Waals surface area contributed by atoms with Crippen LogP contribution < -0.4 is 5.73 Å². The van der Waals surface area contributed by atoms with Gasteiger partial charge in [0.2, 0.25) is 0 Å². The van der Waals surface area contributed by atoms with E-state index in [4.69, 9.17) is 5.73 Å². The van der Waals surface area contributed by atoms with Gasteiger partial charge >= 0.3 is 0 Å². The highest BCUT2D eigenvalue weighted by Gasteiger charge is 2.28. The van der Waals surface area contributed by atoms with Gasteiger partial charge in [0.25, 0.3) is 0 Å². The van der Waals surface area contributed by atoms with Crippen molar-refractivity contribution in [3.8, 4) is 0 Å². The summed E-state index contributed by atoms with van der Waals surface area (Å²) >= 11 is 0. The Bertz CT molecular complexity index is 412. The standard InChI is InChI=1S/C16H25N/c1-9-10(2)12(4)15(13(5)11(9)3)16(17)14-7-6-8-14/h14,16H,6-8,17H2,1-5H3/t16-/m0/s1. The van der Waals surface area contributed by atoms with E-state index in [0.29, 0.717) is 5.92 Å². The molecule has 1 heteroatoms. The van der Waals surface area contributed by atoms with Crippen LogP contribution in [0, 0.1) is 40.5 Å². The molecule has 1 aliphatic rings. The second kappa shape index (κ2) is 4.45. The summed E-state index contributed by atoms with van der Waals surface area (Å²) in [6, 6.07) is 0.252. The third kappa shape index (κ3) is 1.91. The molecule has 1 nitrogen and oxygen atoms in total. The van der Waals surface area contributed by atoms with E-state index in [1.165, 1.54) is 52.6 Å². The minimum atomic E-state index is 0.252. The van der Waals surface area contributed by atoms with E-state index in [-0.39, 0.29) is 6.04 Å². The second-order valence-corrected chi connectivity index (χ2v) is 5.76. The van der Waals surface area contributed by atoms with Gasteiger partial charge < -0.3 is 5.73 Å². The number of hydrogen-bond donors (Lipinski definition) is 1. The topological polar surface area (TPSA) is 26.0 Å². The first kappa shape index (κ1) is 12.6. The van der Waals surface area contributed by atoms with Gasteiger partial charge in [-0.1, -0.05) is 6.42 Å². The summed E-state index contributed by atoms with van der Waals surface area (Å²) in [5.74, 6) is 0.717. The lowest BCUT2D eigenvalue weighted by atomic mass is 9.74. The summed E-state index contributed by atoms with van der Waals surface area (Å²) in [5.41, 5.74) is 15.1. The smallest absolute Gasteiger partial charge is 0.0328 e. The Labute approximate surface area is 105 Å². The Morgan fingerprint density at radius 3 is 1.59 bits per heavy atom. The first-order chi connectivity index (χ1) is 7.95. The van der Waals surface area contributed by atoms with Gasteiger partial charge in [-0.25, -0.2) is 0 Å². The van der Waals surface area contributed by atoms with E-state index in [1.807, 2.05) is 0 Å². The molecule has 0 radical (unpaired) electrons.